The topological polar surface area (TPSA) is 79.5 Å². The summed E-state index contributed by atoms with van der Waals surface area (Å²) in [5.41, 5.74) is 1.81. The summed E-state index contributed by atoms with van der Waals surface area (Å²) < 4.78 is 5.65. The Morgan fingerprint density at radius 3 is 2.45 bits per heavy atom. The molecule has 1 fully saturated rings. The lowest BCUT2D eigenvalue weighted by Gasteiger charge is -2.21. The van der Waals surface area contributed by atoms with Gasteiger partial charge in [-0.05, 0) is 61.8 Å². The summed E-state index contributed by atoms with van der Waals surface area (Å²) in [7, 11) is 0. The van der Waals surface area contributed by atoms with Gasteiger partial charge in [-0.15, -0.1) is 0 Å². The first-order valence-electron chi connectivity index (χ1n) is 10.8. The van der Waals surface area contributed by atoms with Crippen molar-refractivity contribution in [2.24, 2.45) is 5.92 Å². The molecular formula is C24H29N3O3S. The zero-order chi connectivity index (χ0) is 22.1. The highest BCUT2D eigenvalue weighted by atomic mass is 32.1. The fraction of sp³-hybridized carbons (Fsp3) is 0.375. The zero-order valence-corrected chi connectivity index (χ0v) is 18.6. The second kappa shape index (κ2) is 11.5. The second-order valence-electron chi connectivity index (χ2n) is 7.66. The van der Waals surface area contributed by atoms with E-state index in [4.69, 9.17) is 17.0 Å². The number of carbonyl (C=O) groups excluding carboxylic acids is 2. The molecule has 2 aromatic carbocycles. The lowest BCUT2D eigenvalue weighted by atomic mass is 9.88. The zero-order valence-electron chi connectivity index (χ0n) is 17.8. The maximum Gasteiger partial charge on any atom is 0.261 e. The number of hydrogen-bond donors (Lipinski definition) is 3. The molecule has 3 rings (SSSR count). The van der Waals surface area contributed by atoms with Gasteiger partial charge in [0, 0.05) is 17.3 Å². The standard InChI is InChI=1S/C24H29N3O3S/c1-2-15-30-21-14-7-6-13-20(21)23(29)27-24(31)26-19-12-8-11-18(16-19)25-22(28)17-9-4-3-5-10-17/h6-8,11-14,16-17H,2-5,9-10,15H2,1H3,(H,25,28)(H2,26,27,29,31). The van der Waals surface area contributed by atoms with Crippen molar-refractivity contribution in [2.45, 2.75) is 45.4 Å². The van der Waals surface area contributed by atoms with Crippen molar-refractivity contribution in [1.82, 2.24) is 5.32 Å². The third-order valence-electron chi connectivity index (χ3n) is 5.18. The Morgan fingerprint density at radius 2 is 1.71 bits per heavy atom. The number of anilines is 2. The van der Waals surface area contributed by atoms with Crippen LogP contribution in [-0.4, -0.2) is 23.5 Å². The van der Waals surface area contributed by atoms with Gasteiger partial charge in [0.2, 0.25) is 5.91 Å². The monoisotopic (exact) mass is 439 g/mol. The maximum atomic E-state index is 12.6. The van der Waals surface area contributed by atoms with Crippen LogP contribution in [0.3, 0.4) is 0 Å². The Hall–Kier alpha value is -2.93. The van der Waals surface area contributed by atoms with Crippen LogP contribution in [0.4, 0.5) is 11.4 Å². The van der Waals surface area contributed by atoms with E-state index in [1.54, 1.807) is 24.3 Å². The Labute approximate surface area is 188 Å². The molecule has 1 aliphatic rings. The molecule has 0 heterocycles. The van der Waals surface area contributed by atoms with Gasteiger partial charge >= 0.3 is 0 Å². The average molecular weight is 440 g/mol. The number of carbonyl (C=O) groups is 2. The molecule has 3 N–H and O–H groups in total. The minimum atomic E-state index is -0.342. The van der Waals surface area contributed by atoms with Crippen LogP contribution in [0.2, 0.25) is 0 Å². The molecule has 0 saturated heterocycles. The number of nitrogens with one attached hydrogen (secondary N) is 3. The Kier molecular flexibility index (Phi) is 8.41. The van der Waals surface area contributed by atoms with Crippen molar-refractivity contribution >= 4 is 40.5 Å². The Balaban J connectivity index is 1.57. The number of rotatable bonds is 7. The number of ether oxygens (including phenoxy) is 1. The molecular weight excluding hydrogens is 410 g/mol. The van der Waals surface area contributed by atoms with Crippen LogP contribution in [0.5, 0.6) is 5.75 Å². The molecule has 1 saturated carbocycles. The first-order chi connectivity index (χ1) is 15.1. The lowest BCUT2D eigenvalue weighted by molar-refractivity contribution is -0.120. The van der Waals surface area contributed by atoms with Crippen molar-refractivity contribution in [1.29, 1.82) is 0 Å². The molecule has 1 aliphatic carbocycles. The first-order valence-corrected chi connectivity index (χ1v) is 11.2. The van der Waals surface area contributed by atoms with Crippen molar-refractivity contribution < 1.29 is 14.3 Å². The van der Waals surface area contributed by atoms with E-state index in [1.807, 2.05) is 31.2 Å². The molecule has 0 atom stereocenters. The lowest BCUT2D eigenvalue weighted by Crippen LogP contribution is -2.34. The molecule has 31 heavy (non-hydrogen) atoms. The van der Waals surface area contributed by atoms with Crippen LogP contribution in [0.25, 0.3) is 0 Å². The van der Waals surface area contributed by atoms with Gasteiger partial charge in [-0.1, -0.05) is 44.4 Å². The summed E-state index contributed by atoms with van der Waals surface area (Å²) in [6.45, 7) is 2.54. The van der Waals surface area contributed by atoms with Gasteiger partial charge in [0.15, 0.2) is 5.11 Å². The van der Waals surface area contributed by atoms with E-state index >= 15 is 0 Å². The van der Waals surface area contributed by atoms with Crippen LogP contribution in [0.15, 0.2) is 48.5 Å². The first kappa shape index (κ1) is 22.7. The highest BCUT2D eigenvalue weighted by Gasteiger charge is 2.21. The molecule has 2 aromatic rings. The Bertz CT molecular complexity index is 926. The summed E-state index contributed by atoms with van der Waals surface area (Å²) in [6, 6.07) is 14.4. The van der Waals surface area contributed by atoms with Gasteiger partial charge in [-0.2, -0.15) is 0 Å². The molecule has 0 spiro atoms. The van der Waals surface area contributed by atoms with E-state index in [0.29, 0.717) is 29.3 Å². The predicted molar refractivity (Wildman–Crippen MR) is 128 cm³/mol. The minimum absolute atomic E-state index is 0.0661. The van der Waals surface area contributed by atoms with E-state index in [-0.39, 0.29) is 22.8 Å². The van der Waals surface area contributed by atoms with Crippen LogP contribution in [-0.2, 0) is 4.79 Å². The number of para-hydroxylation sites is 1. The molecule has 6 nitrogen and oxygen atoms in total. The smallest absolute Gasteiger partial charge is 0.261 e. The molecule has 0 aliphatic heterocycles. The van der Waals surface area contributed by atoms with Crippen LogP contribution >= 0.6 is 12.2 Å². The molecule has 0 unspecified atom stereocenters. The molecule has 164 valence electrons. The third-order valence-corrected chi connectivity index (χ3v) is 5.39. The number of hydrogen-bond acceptors (Lipinski definition) is 4. The summed E-state index contributed by atoms with van der Waals surface area (Å²) >= 11 is 5.31. The fourth-order valence-corrected chi connectivity index (χ4v) is 3.82. The van der Waals surface area contributed by atoms with Gasteiger partial charge in [0.05, 0.1) is 12.2 Å². The molecule has 0 radical (unpaired) electrons. The second-order valence-corrected chi connectivity index (χ2v) is 8.07. The number of thiocarbonyl (C=S) groups is 1. The van der Waals surface area contributed by atoms with E-state index in [0.717, 1.165) is 32.1 Å². The summed E-state index contributed by atoms with van der Waals surface area (Å²) in [5, 5.41) is 8.86. The number of benzene rings is 2. The van der Waals surface area contributed by atoms with Crippen molar-refractivity contribution in [3.05, 3.63) is 54.1 Å². The van der Waals surface area contributed by atoms with Crippen LogP contribution < -0.4 is 20.7 Å². The van der Waals surface area contributed by atoms with Crippen LogP contribution in [0, 0.1) is 5.92 Å². The largest absolute Gasteiger partial charge is 0.493 e. The van der Waals surface area contributed by atoms with Crippen LogP contribution in [0.1, 0.15) is 55.8 Å². The van der Waals surface area contributed by atoms with Gasteiger partial charge in [0.1, 0.15) is 5.75 Å². The summed E-state index contributed by atoms with van der Waals surface area (Å²) in [6.07, 6.45) is 6.18. The average Bonchev–Trinajstić information content (AvgIpc) is 2.78. The van der Waals surface area contributed by atoms with E-state index in [2.05, 4.69) is 16.0 Å². The van der Waals surface area contributed by atoms with E-state index in [1.165, 1.54) is 6.42 Å². The van der Waals surface area contributed by atoms with Gasteiger partial charge in [0.25, 0.3) is 5.91 Å². The molecule has 0 aromatic heterocycles. The van der Waals surface area contributed by atoms with E-state index in [9.17, 15) is 9.59 Å². The van der Waals surface area contributed by atoms with Gasteiger partial charge in [-0.3, -0.25) is 14.9 Å². The molecule has 0 bridgehead atoms. The summed E-state index contributed by atoms with van der Waals surface area (Å²) in [4.78, 5) is 25.1. The minimum Gasteiger partial charge on any atom is -0.493 e. The number of amides is 2. The highest BCUT2D eigenvalue weighted by Crippen LogP contribution is 2.25. The highest BCUT2D eigenvalue weighted by molar-refractivity contribution is 7.80. The Morgan fingerprint density at radius 1 is 1.00 bits per heavy atom. The van der Waals surface area contributed by atoms with Gasteiger partial charge in [-0.25, -0.2) is 0 Å². The third kappa shape index (κ3) is 6.79. The fourth-order valence-electron chi connectivity index (χ4n) is 3.61. The summed E-state index contributed by atoms with van der Waals surface area (Å²) in [5.74, 6) is 0.333. The quantitative estimate of drug-likeness (QED) is 0.522. The van der Waals surface area contributed by atoms with Gasteiger partial charge < -0.3 is 15.4 Å². The normalized spacial score (nSPS) is 13.8. The van der Waals surface area contributed by atoms with Crippen molar-refractivity contribution in [2.75, 3.05) is 17.2 Å². The predicted octanol–water partition coefficient (Wildman–Crippen LogP) is 5.12. The molecule has 7 heteroatoms. The maximum absolute atomic E-state index is 12.6. The van der Waals surface area contributed by atoms with Crippen molar-refractivity contribution in [3.63, 3.8) is 0 Å². The molecule has 2 amide bonds. The SMILES string of the molecule is CCCOc1ccccc1C(=O)NC(=S)Nc1cccc(NC(=O)C2CCCCC2)c1. The van der Waals surface area contributed by atoms with Crippen molar-refractivity contribution in [3.8, 4) is 5.75 Å². The van der Waals surface area contributed by atoms with E-state index < -0.39 is 0 Å².